The predicted octanol–water partition coefficient (Wildman–Crippen LogP) is 4.03. The minimum atomic E-state index is -4.86. The van der Waals surface area contributed by atoms with E-state index in [1.807, 2.05) is 6.92 Å². The van der Waals surface area contributed by atoms with Crippen LogP contribution in [0.25, 0.3) is 0 Å². The Bertz CT molecular complexity index is 500. The Kier molecular flexibility index (Phi) is 5.69. The maximum Gasteiger partial charge on any atom is 0.491 e. The molecule has 0 aromatic heterocycles. The molecule has 116 valence electrons. The Hall–Kier alpha value is -2.12. The molecule has 0 saturated carbocycles. The molecule has 0 aliphatic rings. The van der Waals surface area contributed by atoms with E-state index in [1.54, 1.807) is 0 Å². The molecule has 5 nitrogen and oxygen atoms in total. The molecule has 8 heteroatoms. The fourth-order valence-corrected chi connectivity index (χ4v) is 1.79. The van der Waals surface area contributed by atoms with Crippen molar-refractivity contribution in [2.45, 2.75) is 38.9 Å². The SMILES string of the molecule is CCCCCC(=O)N(c1ccc([N+](=O)[O-])cc1)C(F)(F)F. The number of nitro groups is 1. The number of hydrogen-bond donors (Lipinski definition) is 0. The summed E-state index contributed by atoms with van der Waals surface area (Å²) in [6.45, 7) is 1.88. The lowest BCUT2D eigenvalue weighted by atomic mass is 10.2. The zero-order chi connectivity index (χ0) is 16.0. The number of non-ortho nitro benzene ring substituents is 1. The fraction of sp³-hybridized carbons (Fsp3) is 0.462. The van der Waals surface area contributed by atoms with Crippen LogP contribution in [0.1, 0.15) is 32.6 Å². The maximum absolute atomic E-state index is 13.0. The summed E-state index contributed by atoms with van der Waals surface area (Å²) < 4.78 is 39.0. The van der Waals surface area contributed by atoms with Gasteiger partial charge in [-0.2, -0.15) is 0 Å². The first-order valence-corrected chi connectivity index (χ1v) is 6.41. The maximum atomic E-state index is 13.0. The molecule has 0 bridgehead atoms. The first-order chi connectivity index (χ1) is 9.77. The Labute approximate surface area is 119 Å². The van der Waals surface area contributed by atoms with Gasteiger partial charge in [-0.05, 0) is 18.6 Å². The molecule has 21 heavy (non-hydrogen) atoms. The molecular formula is C13H15F3N2O3. The summed E-state index contributed by atoms with van der Waals surface area (Å²) in [5, 5.41) is 10.5. The summed E-state index contributed by atoms with van der Waals surface area (Å²) >= 11 is 0. The highest BCUT2D eigenvalue weighted by Crippen LogP contribution is 2.30. The molecular weight excluding hydrogens is 289 g/mol. The minimum absolute atomic E-state index is 0.218. The van der Waals surface area contributed by atoms with Gasteiger partial charge in [-0.15, -0.1) is 13.2 Å². The van der Waals surface area contributed by atoms with Crippen LogP contribution in [-0.2, 0) is 4.79 Å². The van der Waals surface area contributed by atoms with Gasteiger partial charge in [-0.25, -0.2) is 4.90 Å². The van der Waals surface area contributed by atoms with E-state index in [2.05, 4.69) is 0 Å². The van der Waals surface area contributed by atoms with E-state index in [4.69, 9.17) is 0 Å². The van der Waals surface area contributed by atoms with E-state index in [0.717, 1.165) is 30.7 Å². The van der Waals surface area contributed by atoms with Crippen molar-refractivity contribution in [3.05, 3.63) is 34.4 Å². The van der Waals surface area contributed by atoms with Crippen molar-refractivity contribution in [2.24, 2.45) is 0 Å². The highest BCUT2D eigenvalue weighted by Gasteiger charge is 2.41. The average molecular weight is 304 g/mol. The van der Waals surface area contributed by atoms with Crippen LogP contribution in [0.4, 0.5) is 24.5 Å². The van der Waals surface area contributed by atoms with Crippen molar-refractivity contribution >= 4 is 17.3 Å². The Morgan fingerprint density at radius 1 is 1.24 bits per heavy atom. The van der Waals surface area contributed by atoms with Gasteiger partial charge in [0.05, 0.1) is 10.6 Å². The molecule has 0 fully saturated rings. The van der Waals surface area contributed by atoms with Gasteiger partial charge in [0.15, 0.2) is 0 Å². The summed E-state index contributed by atoms with van der Waals surface area (Å²) in [5.74, 6) is -1.06. The first kappa shape index (κ1) is 16.9. The summed E-state index contributed by atoms with van der Waals surface area (Å²) in [6.07, 6.45) is -3.26. The molecule has 1 aromatic carbocycles. The quantitative estimate of drug-likeness (QED) is 0.345. The van der Waals surface area contributed by atoms with Crippen molar-refractivity contribution in [3.8, 4) is 0 Å². The third-order valence-corrected chi connectivity index (χ3v) is 2.82. The molecule has 0 heterocycles. The lowest BCUT2D eigenvalue weighted by molar-refractivity contribution is -0.384. The zero-order valence-electron chi connectivity index (χ0n) is 11.4. The van der Waals surface area contributed by atoms with Crippen LogP contribution >= 0.6 is 0 Å². The van der Waals surface area contributed by atoms with E-state index >= 15 is 0 Å². The number of carbonyl (C=O) groups is 1. The summed E-state index contributed by atoms with van der Waals surface area (Å²) in [4.78, 5) is 21.3. The van der Waals surface area contributed by atoms with E-state index < -0.39 is 22.8 Å². The minimum Gasteiger partial charge on any atom is -0.274 e. The summed E-state index contributed by atoms with van der Waals surface area (Å²) in [6, 6.07) is 3.72. The Morgan fingerprint density at radius 2 is 1.81 bits per heavy atom. The highest BCUT2D eigenvalue weighted by atomic mass is 19.4. The van der Waals surface area contributed by atoms with Crippen LogP contribution in [0.5, 0.6) is 0 Å². The van der Waals surface area contributed by atoms with Gasteiger partial charge in [0.25, 0.3) is 5.69 Å². The third-order valence-electron chi connectivity index (χ3n) is 2.82. The lowest BCUT2D eigenvalue weighted by Crippen LogP contribution is -2.43. The molecule has 1 rings (SSSR count). The van der Waals surface area contributed by atoms with Gasteiger partial charge in [0, 0.05) is 18.6 Å². The van der Waals surface area contributed by atoms with Crippen molar-refractivity contribution in [2.75, 3.05) is 4.90 Å². The molecule has 0 aliphatic heterocycles. The average Bonchev–Trinajstić information content (AvgIpc) is 2.38. The second kappa shape index (κ2) is 7.05. The second-order valence-electron chi connectivity index (χ2n) is 4.43. The summed E-state index contributed by atoms with van der Waals surface area (Å²) in [5.41, 5.74) is -0.756. The predicted molar refractivity (Wildman–Crippen MR) is 70.8 cm³/mol. The molecule has 0 radical (unpaired) electrons. The lowest BCUT2D eigenvalue weighted by Gasteiger charge is -2.25. The van der Waals surface area contributed by atoms with Crippen molar-refractivity contribution in [1.82, 2.24) is 0 Å². The van der Waals surface area contributed by atoms with Crippen LogP contribution in [0.2, 0.25) is 0 Å². The Morgan fingerprint density at radius 3 is 2.24 bits per heavy atom. The van der Waals surface area contributed by atoms with Crippen LogP contribution in [-0.4, -0.2) is 17.1 Å². The van der Waals surface area contributed by atoms with Crippen LogP contribution in [0, 0.1) is 10.1 Å². The van der Waals surface area contributed by atoms with E-state index in [9.17, 15) is 28.1 Å². The molecule has 0 N–H and O–H groups in total. The fourth-order valence-electron chi connectivity index (χ4n) is 1.79. The number of hydrogen-bond acceptors (Lipinski definition) is 3. The van der Waals surface area contributed by atoms with Crippen LogP contribution < -0.4 is 4.90 Å². The van der Waals surface area contributed by atoms with E-state index in [0.29, 0.717) is 12.8 Å². The molecule has 0 unspecified atom stereocenters. The third kappa shape index (κ3) is 4.73. The van der Waals surface area contributed by atoms with Crippen molar-refractivity contribution < 1.29 is 22.9 Å². The first-order valence-electron chi connectivity index (χ1n) is 6.41. The monoisotopic (exact) mass is 304 g/mol. The van der Waals surface area contributed by atoms with Crippen molar-refractivity contribution in [1.29, 1.82) is 0 Å². The topological polar surface area (TPSA) is 63.5 Å². The van der Waals surface area contributed by atoms with Crippen LogP contribution in [0.3, 0.4) is 0 Å². The van der Waals surface area contributed by atoms with E-state index in [1.165, 1.54) is 0 Å². The number of anilines is 1. The normalized spacial score (nSPS) is 11.2. The number of amides is 1. The zero-order valence-corrected chi connectivity index (χ0v) is 11.4. The van der Waals surface area contributed by atoms with Crippen LogP contribution in [0.15, 0.2) is 24.3 Å². The number of halogens is 3. The number of nitro benzene ring substituents is 1. The number of alkyl halides is 3. The molecule has 1 amide bonds. The number of nitrogens with zero attached hydrogens (tertiary/aromatic N) is 2. The summed E-state index contributed by atoms with van der Waals surface area (Å²) in [7, 11) is 0. The molecule has 1 aromatic rings. The number of carbonyl (C=O) groups excluding carboxylic acids is 1. The van der Waals surface area contributed by atoms with Crippen molar-refractivity contribution in [3.63, 3.8) is 0 Å². The Balaban J connectivity index is 2.97. The van der Waals surface area contributed by atoms with Gasteiger partial charge < -0.3 is 0 Å². The van der Waals surface area contributed by atoms with Gasteiger partial charge in [0.2, 0.25) is 5.91 Å². The number of unbranched alkanes of at least 4 members (excludes halogenated alkanes) is 2. The number of benzene rings is 1. The largest absolute Gasteiger partial charge is 0.491 e. The van der Waals surface area contributed by atoms with E-state index in [-0.39, 0.29) is 17.0 Å². The highest BCUT2D eigenvalue weighted by molar-refractivity contribution is 5.94. The standard InChI is InChI=1S/C13H15F3N2O3/c1-2-3-4-5-12(19)17(13(14,15)16)10-6-8-11(9-7-10)18(20)21/h6-9H,2-5H2,1H3. The molecule has 0 aliphatic carbocycles. The second-order valence-corrected chi connectivity index (χ2v) is 4.43. The molecule has 0 saturated heterocycles. The number of rotatable bonds is 6. The van der Waals surface area contributed by atoms with Gasteiger partial charge >= 0.3 is 6.30 Å². The van der Waals surface area contributed by atoms with Gasteiger partial charge in [-0.1, -0.05) is 19.8 Å². The molecule has 0 spiro atoms. The van der Waals surface area contributed by atoms with Gasteiger partial charge in [-0.3, -0.25) is 14.9 Å². The van der Waals surface area contributed by atoms with Gasteiger partial charge in [0.1, 0.15) is 0 Å². The smallest absolute Gasteiger partial charge is 0.274 e. The molecule has 0 atom stereocenters.